The van der Waals surface area contributed by atoms with E-state index in [1.807, 2.05) is 0 Å². The van der Waals surface area contributed by atoms with Gasteiger partial charge in [-0.1, -0.05) is 0 Å². The van der Waals surface area contributed by atoms with Crippen LogP contribution in [0.25, 0.3) is 16.9 Å². The van der Waals surface area contributed by atoms with Gasteiger partial charge in [-0.15, -0.1) is 10.2 Å². The predicted molar refractivity (Wildman–Crippen MR) is 94.9 cm³/mol. The van der Waals surface area contributed by atoms with Crippen molar-refractivity contribution in [1.82, 2.24) is 24.8 Å². The van der Waals surface area contributed by atoms with Crippen molar-refractivity contribution in [2.45, 2.75) is 6.18 Å². The van der Waals surface area contributed by atoms with Crippen LogP contribution in [0.15, 0.2) is 48.8 Å². The van der Waals surface area contributed by atoms with Gasteiger partial charge in [-0.3, -0.25) is 4.98 Å². The van der Waals surface area contributed by atoms with Crippen molar-refractivity contribution in [3.63, 3.8) is 0 Å². The summed E-state index contributed by atoms with van der Waals surface area (Å²) >= 11 is 0. The molecule has 4 aromatic rings. The van der Waals surface area contributed by atoms with Gasteiger partial charge in [0.05, 0.1) is 17.5 Å². The summed E-state index contributed by atoms with van der Waals surface area (Å²) in [6.45, 7) is 0.157. The van der Waals surface area contributed by atoms with E-state index in [0.29, 0.717) is 23.1 Å². The number of ether oxygens (including phenoxy) is 2. The SMILES string of the molecule is FC(F)(F)c1cccnc1-c1cnn2c(Nc3ccc4c(c3)OCO4)nnc2c1. The molecule has 1 aliphatic rings. The van der Waals surface area contributed by atoms with Crippen molar-refractivity contribution in [2.24, 2.45) is 0 Å². The number of pyridine rings is 1. The lowest BCUT2D eigenvalue weighted by molar-refractivity contribution is -0.137. The Bertz CT molecular complexity index is 1220. The molecule has 0 atom stereocenters. The second-order valence-electron chi connectivity index (χ2n) is 6.13. The Morgan fingerprint density at radius 3 is 2.76 bits per heavy atom. The van der Waals surface area contributed by atoms with E-state index in [-0.39, 0.29) is 23.7 Å². The quantitative estimate of drug-likeness (QED) is 0.561. The summed E-state index contributed by atoms with van der Waals surface area (Å²) in [4.78, 5) is 3.87. The molecule has 1 aliphatic heterocycles. The van der Waals surface area contributed by atoms with Gasteiger partial charge in [0, 0.05) is 23.5 Å². The van der Waals surface area contributed by atoms with Crippen LogP contribution in [0.1, 0.15) is 5.56 Å². The van der Waals surface area contributed by atoms with E-state index in [0.717, 1.165) is 6.07 Å². The van der Waals surface area contributed by atoms with E-state index in [4.69, 9.17) is 9.47 Å². The van der Waals surface area contributed by atoms with Gasteiger partial charge in [0.1, 0.15) is 0 Å². The van der Waals surface area contributed by atoms with E-state index < -0.39 is 11.7 Å². The van der Waals surface area contributed by atoms with Crippen molar-refractivity contribution in [3.8, 4) is 22.8 Å². The van der Waals surface area contributed by atoms with Crippen molar-refractivity contribution < 1.29 is 22.6 Å². The number of hydrogen-bond acceptors (Lipinski definition) is 7. The zero-order chi connectivity index (χ0) is 20.0. The summed E-state index contributed by atoms with van der Waals surface area (Å²) < 4.78 is 51.8. The smallest absolute Gasteiger partial charge is 0.418 e. The van der Waals surface area contributed by atoms with Gasteiger partial charge in [0.15, 0.2) is 17.1 Å². The van der Waals surface area contributed by atoms with Crippen molar-refractivity contribution >= 4 is 17.3 Å². The van der Waals surface area contributed by atoms with Gasteiger partial charge in [-0.2, -0.15) is 22.8 Å². The summed E-state index contributed by atoms with van der Waals surface area (Å²) in [7, 11) is 0. The number of nitrogens with one attached hydrogen (secondary N) is 1. The molecule has 29 heavy (non-hydrogen) atoms. The van der Waals surface area contributed by atoms with Gasteiger partial charge in [0.25, 0.3) is 0 Å². The first-order valence-corrected chi connectivity index (χ1v) is 8.40. The number of rotatable bonds is 3. The third-order valence-electron chi connectivity index (χ3n) is 4.28. The third kappa shape index (κ3) is 3.06. The number of anilines is 2. The van der Waals surface area contributed by atoms with Gasteiger partial charge in [-0.25, -0.2) is 0 Å². The first kappa shape index (κ1) is 17.2. The Morgan fingerprint density at radius 1 is 1.03 bits per heavy atom. The molecule has 0 fully saturated rings. The van der Waals surface area contributed by atoms with Crippen LogP contribution in [0.4, 0.5) is 24.8 Å². The first-order chi connectivity index (χ1) is 14.0. The largest absolute Gasteiger partial charge is 0.454 e. The highest BCUT2D eigenvalue weighted by Crippen LogP contribution is 2.36. The van der Waals surface area contributed by atoms with Crippen LogP contribution in [0.2, 0.25) is 0 Å². The summed E-state index contributed by atoms with van der Waals surface area (Å²) in [5.74, 6) is 1.52. The lowest BCUT2D eigenvalue weighted by Gasteiger charge is -2.11. The summed E-state index contributed by atoms with van der Waals surface area (Å²) in [6.07, 6.45) is -1.95. The van der Waals surface area contributed by atoms with E-state index in [1.54, 1.807) is 18.2 Å². The molecule has 1 N–H and O–H groups in total. The lowest BCUT2D eigenvalue weighted by atomic mass is 10.1. The van der Waals surface area contributed by atoms with Gasteiger partial charge < -0.3 is 14.8 Å². The maximum atomic E-state index is 13.3. The fourth-order valence-corrected chi connectivity index (χ4v) is 2.97. The van der Waals surface area contributed by atoms with Crippen LogP contribution in [0, 0.1) is 0 Å². The fraction of sp³-hybridized carbons (Fsp3) is 0.111. The average Bonchev–Trinajstić information content (AvgIpc) is 3.34. The molecule has 3 aromatic heterocycles. The van der Waals surface area contributed by atoms with Gasteiger partial charge in [0.2, 0.25) is 12.7 Å². The molecular weight excluding hydrogens is 389 g/mol. The molecule has 8 nitrogen and oxygen atoms in total. The first-order valence-electron chi connectivity index (χ1n) is 8.40. The molecule has 0 bridgehead atoms. The molecule has 1 aromatic carbocycles. The predicted octanol–water partition coefficient (Wildman–Crippen LogP) is 3.68. The number of aromatic nitrogens is 5. The highest BCUT2D eigenvalue weighted by Gasteiger charge is 2.34. The maximum absolute atomic E-state index is 13.3. The van der Waals surface area contributed by atoms with E-state index in [2.05, 4.69) is 25.6 Å². The Balaban J connectivity index is 1.50. The zero-order valence-corrected chi connectivity index (χ0v) is 14.5. The summed E-state index contributed by atoms with van der Waals surface area (Å²) in [6, 6.07) is 8.92. The van der Waals surface area contributed by atoms with E-state index >= 15 is 0 Å². The minimum atomic E-state index is -4.53. The zero-order valence-electron chi connectivity index (χ0n) is 14.5. The van der Waals surface area contributed by atoms with Gasteiger partial charge >= 0.3 is 6.18 Å². The van der Waals surface area contributed by atoms with Crippen molar-refractivity contribution in [1.29, 1.82) is 0 Å². The minimum Gasteiger partial charge on any atom is -0.454 e. The molecule has 0 saturated heterocycles. The third-order valence-corrected chi connectivity index (χ3v) is 4.28. The van der Waals surface area contributed by atoms with Crippen molar-refractivity contribution in [2.75, 3.05) is 12.1 Å². The Morgan fingerprint density at radius 2 is 1.90 bits per heavy atom. The summed E-state index contributed by atoms with van der Waals surface area (Å²) in [5, 5.41) is 15.2. The molecule has 146 valence electrons. The standard InChI is InChI=1S/C18H11F3N6O2/c19-18(20,21)12-2-1-5-22-16(12)10-6-15-25-26-17(27(15)23-8-10)24-11-3-4-13-14(7-11)29-9-28-13/h1-8H,9H2,(H,24,26). The number of alkyl halides is 3. The Hall–Kier alpha value is -3.89. The Labute approximate surface area is 160 Å². The molecule has 0 amide bonds. The molecule has 0 saturated carbocycles. The Kier molecular flexibility index (Phi) is 3.76. The second-order valence-corrected chi connectivity index (χ2v) is 6.13. The molecule has 0 unspecified atom stereocenters. The summed E-state index contributed by atoms with van der Waals surface area (Å²) in [5.41, 5.74) is 0.0585. The van der Waals surface area contributed by atoms with E-state index in [1.165, 1.54) is 29.0 Å². The molecule has 5 rings (SSSR count). The number of fused-ring (bicyclic) bond motifs is 2. The number of hydrogen-bond donors (Lipinski definition) is 1. The number of halogens is 3. The topological polar surface area (TPSA) is 86.5 Å². The van der Waals surface area contributed by atoms with Crippen LogP contribution in [0.5, 0.6) is 11.5 Å². The van der Waals surface area contributed by atoms with Crippen LogP contribution in [0.3, 0.4) is 0 Å². The maximum Gasteiger partial charge on any atom is 0.418 e. The highest BCUT2D eigenvalue weighted by atomic mass is 19.4. The van der Waals surface area contributed by atoms with Crippen LogP contribution < -0.4 is 14.8 Å². The normalized spacial score (nSPS) is 13.1. The second kappa shape index (κ2) is 6.33. The minimum absolute atomic E-state index is 0.157. The fourth-order valence-electron chi connectivity index (χ4n) is 2.97. The van der Waals surface area contributed by atoms with Crippen molar-refractivity contribution in [3.05, 3.63) is 54.4 Å². The monoisotopic (exact) mass is 400 g/mol. The average molecular weight is 400 g/mol. The van der Waals surface area contributed by atoms with Gasteiger partial charge in [-0.05, 0) is 30.3 Å². The lowest BCUT2D eigenvalue weighted by Crippen LogP contribution is -2.08. The number of nitrogens with zero attached hydrogens (tertiary/aromatic N) is 5. The highest BCUT2D eigenvalue weighted by molar-refractivity contribution is 5.68. The van der Waals surface area contributed by atoms with Crippen LogP contribution >= 0.6 is 0 Å². The molecule has 0 aliphatic carbocycles. The molecule has 0 radical (unpaired) electrons. The van der Waals surface area contributed by atoms with E-state index in [9.17, 15) is 13.2 Å². The van der Waals surface area contributed by atoms with Crippen LogP contribution in [-0.4, -0.2) is 31.6 Å². The molecular formula is C18H11F3N6O2. The number of benzene rings is 1. The van der Waals surface area contributed by atoms with Crippen LogP contribution in [-0.2, 0) is 6.18 Å². The molecule has 0 spiro atoms. The molecule has 4 heterocycles. The molecule has 11 heteroatoms.